The fourth-order valence-corrected chi connectivity index (χ4v) is 2.90. The second-order valence-electron chi connectivity index (χ2n) is 4.82. The Morgan fingerprint density at radius 1 is 0.688 bits per heavy atom. The molecule has 0 bridgehead atoms. The van der Waals surface area contributed by atoms with Crippen molar-refractivity contribution in [1.82, 2.24) is 0 Å². The summed E-state index contributed by atoms with van der Waals surface area (Å²) < 4.78 is 0.466. The van der Waals surface area contributed by atoms with Gasteiger partial charge in [0.05, 0.1) is 0 Å². The van der Waals surface area contributed by atoms with Crippen LogP contribution < -0.4 is 0 Å². The molecule has 0 aliphatic carbocycles. The maximum Gasteiger partial charge on any atom is 0.0258 e. The first-order valence-electron chi connectivity index (χ1n) is 6.87. The minimum atomic E-state index is 0. The van der Waals surface area contributed by atoms with Crippen LogP contribution in [0.1, 0.15) is 85.0 Å². The van der Waals surface area contributed by atoms with Crippen LogP contribution >= 0.6 is 25.8 Å². The zero-order chi connectivity index (χ0) is 11.6. The average Bonchev–Trinajstić information content (AvgIpc) is 2.24. The molecule has 0 spiro atoms. The molecule has 0 aliphatic heterocycles. The summed E-state index contributed by atoms with van der Waals surface area (Å²) in [6.45, 7) is 6.87. The summed E-state index contributed by atoms with van der Waals surface area (Å²) in [5.74, 6) is 0. The largest absolute Gasteiger partial charge is 0.153 e. The van der Waals surface area contributed by atoms with Crippen molar-refractivity contribution in [3.63, 3.8) is 0 Å². The Bertz CT molecular complexity index is 129. The van der Waals surface area contributed by atoms with Crippen LogP contribution in [0.4, 0.5) is 0 Å². The smallest absolute Gasteiger partial charge is 0.0258 e. The van der Waals surface area contributed by atoms with Gasteiger partial charge < -0.3 is 0 Å². The summed E-state index contributed by atoms with van der Waals surface area (Å²) >= 11 is 4.02. The topological polar surface area (TPSA) is 0 Å². The van der Waals surface area contributed by atoms with Crippen molar-refractivity contribution in [3.05, 3.63) is 0 Å². The predicted molar refractivity (Wildman–Crippen MR) is 86.0 cm³/mol. The van der Waals surface area contributed by atoms with Gasteiger partial charge in [0.2, 0.25) is 0 Å². The van der Waals surface area contributed by atoms with E-state index in [-0.39, 0.29) is 9.90 Å². The van der Waals surface area contributed by atoms with E-state index < -0.39 is 0 Å². The third kappa shape index (κ3) is 10.1. The molecule has 1 atom stereocenters. The number of alkyl halides is 1. The van der Waals surface area contributed by atoms with Gasteiger partial charge in [-0.3, -0.25) is 0 Å². The highest BCUT2D eigenvalue weighted by Crippen LogP contribution is 2.36. The molecular formula is C14H32BrP. The van der Waals surface area contributed by atoms with E-state index in [1.54, 1.807) is 0 Å². The van der Waals surface area contributed by atoms with Crippen LogP contribution in [0.5, 0.6) is 0 Å². The van der Waals surface area contributed by atoms with Crippen molar-refractivity contribution in [2.45, 2.75) is 89.3 Å². The molecule has 0 nitrogen and oxygen atoms in total. The summed E-state index contributed by atoms with van der Waals surface area (Å²) in [6.07, 6.45) is 13.6. The molecule has 0 rings (SSSR count). The predicted octanol–water partition coefficient (Wildman–Crippen LogP) is 6.14. The molecule has 0 aromatic rings. The lowest BCUT2D eigenvalue weighted by Crippen LogP contribution is -2.20. The number of hydrogen-bond acceptors (Lipinski definition) is 0. The molecule has 2 heteroatoms. The van der Waals surface area contributed by atoms with Gasteiger partial charge in [0, 0.05) is 4.32 Å². The van der Waals surface area contributed by atoms with Gasteiger partial charge in [-0.1, -0.05) is 81.6 Å². The van der Waals surface area contributed by atoms with Gasteiger partial charge in [-0.05, 0) is 19.3 Å². The van der Waals surface area contributed by atoms with Crippen LogP contribution in [-0.4, -0.2) is 4.32 Å². The van der Waals surface area contributed by atoms with E-state index in [0.717, 1.165) is 0 Å². The third-order valence-corrected chi connectivity index (χ3v) is 4.37. The lowest BCUT2D eigenvalue weighted by molar-refractivity contribution is 0.429. The van der Waals surface area contributed by atoms with Crippen molar-refractivity contribution >= 4 is 25.8 Å². The summed E-state index contributed by atoms with van der Waals surface area (Å²) in [6, 6.07) is 0. The molecule has 0 aliphatic rings. The van der Waals surface area contributed by atoms with E-state index >= 15 is 0 Å². The maximum absolute atomic E-state index is 4.02. The molecular weight excluding hydrogens is 279 g/mol. The number of hydrogen-bond donors (Lipinski definition) is 0. The fraction of sp³-hybridized carbons (Fsp3) is 1.00. The highest BCUT2D eigenvalue weighted by atomic mass is 79.9. The van der Waals surface area contributed by atoms with Crippen molar-refractivity contribution in [2.75, 3.05) is 0 Å². The van der Waals surface area contributed by atoms with Gasteiger partial charge in [-0.25, -0.2) is 0 Å². The summed E-state index contributed by atoms with van der Waals surface area (Å²) in [7, 11) is 0. The molecule has 16 heavy (non-hydrogen) atoms. The summed E-state index contributed by atoms with van der Waals surface area (Å²) in [5, 5.41) is 0. The molecule has 0 saturated heterocycles. The zero-order valence-corrected chi connectivity index (χ0v) is 14.7. The Balaban J connectivity index is 0. The lowest BCUT2D eigenvalue weighted by atomic mass is 9.90. The van der Waals surface area contributed by atoms with Crippen LogP contribution in [0.25, 0.3) is 0 Å². The van der Waals surface area contributed by atoms with Crippen LogP contribution in [0.2, 0.25) is 0 Å². The Labute approximate surface area is 115 Å². The molecule has 0 amide bonds. The molecule has 0 fully saturated rings. The third-order valence-electron chi connectivity index (χ3n) is 3.19. The normalized spacial score (nSPS) is 11.2. The first-order chi connectivity index (χ1) is 7.18. The minimum absolute atomic E-state index is 0. The number of unbranched alkanes of at least 4 members (excludes halogenated alkanes) is 4. The van der Waals surface area contributed by atoms with E-state index in [0.29, 0.717) is 4.32 Å². The molecule has 0 heterocycles. The van der Waals surface area contributed by atoms with Crippen molar-refractivity contribution in [1.29, 1.82) is 0 Å². The number of halogens is 1. The fourth-order valence-electron chi connectivity index (χ4n) is 2.05. The standard InChI is InChI=1S/C14H29Br.H3P/c1-4-7-10-13-14(15,11-8-5-2)12-9-6-3;/h4-13H2,1-3H3;1H3. The van der Waals surface area contributed by atoms with Gasteiger partial charge in [-0.2, -0.15) is 9.90 Å². The molecule has 100 valence electrons. The van der Waals surface area contributed by atoms with Gasteiger partial charge in [0.25, 0.3) is 0 Å². The van der Waals surface area contributed by atoms with E-state index in [9.17, 15) is 0 Å². The maximum atomic E-state index is 4.02. The Kier molecular flexibility index (Phi) is 14.9. The van der Waals surface area contributed by atoms with E-state index in [1.165, 1.54) is 64.2 Å². The van der Waals surface area contributed by atoms with E-state index in [2.05, 4.69) is 36.7 Å². The highest BCUT2D eigenvalue weighted by molar-refractivity contribution is 9.10. The lowest BCUT2D eigenvalue weighted by Gasteiger charge is -2.27. The summed E-state index contributed by atoms with van der Waals surface area (Å²) in [5.41, 5.74) is 0. The Morgan fingerprint density at radius 2 is 1.06 bits per heavy atom. The van der Waals surface area contributed by atoms with Crippen LogP contribution in [-0.2, 0) is 0 Å². The molecule has 0 N–H and O–H groups in total. The van der Waals surface area contributed by atoms with Gasteiger partial charge in [0.15, 0.2) is 0 Å². The summed E-state index contributed by atoms with van der Waals surface area (Å²) in [4.78, 5) is 0. The van der Waals surface area contributed by atoms with E-state index in [1.807, 2.05) is 0 Å². The molecule has 0 radical (unpaired) electrons. The van der Waals surface area contributed by atoms with Crippen LogP contribution in [0.15, 0.2) is 0 Å². The van der Waals surface area contributed by atoms with Crippen molar-refractivity contribution < 1.29 is 0 Å². The second-order valence-corrected chi connectivity index (χ2v) is 6.50. The van der Waals surface area contributed by atoms with Crippen LogP contribution in [0.3, 0.4) is 0 Å². The van der Waals surface area contributed by atoms with E-state index in [4.69, 9.17) is 0 Å². The van der Waals surface area contributed by atoms with Crippen molar-refractivity contribution in [3.8, 4) is 0 Å². The highest BCUT2D eigenvalue weighted by Gasteiger charge is 2.24. The van der Waals surface area contributed by atoms with Gasteiger partial charge in [-0.15, -0.1) is 0 Å². The molecule has 1 unspecified atom stereocenters. The van der Waals surface area contributed by atoms with Crippen LogP contribution in [0, 0.1) is 0 Å². The quantitative estimate of drug-likeness (QED) is 0.258. The Morgan fingerprint density at radius 3 is 1.44 bits per heavy atom. The number of rotatable bonds is 10. The average molecular weight is 311 g/mol. The second kappa shape index (κ2) is 12.4. The molecule has 0 saturated carbocycles. The monoisotopic (exact) mass is 310 g/mol. The first-order valence-corrected chi connectivity index (χ1v) is 7.66. The van der Waals surface area contributed by atoms with Crippen molar-refractivity contribution in [2.24, 2.45) is 0 Å². The SMILES string of the molecule is CCCCCC(Br)(CCCC)CCCC.P. The zero-order valence-electron chi connectivity index (χ0n) is 11.7. The Hall–Kier alpha value is 0.910. The van der Waals surface area contributed by atoms with Gasteiger partial charge in [0.1, 0.15) is 0 Å². The molecule has 0 aromatic heterocycles. The first kappa shape index (κ1) is 19.3. The minimum Gasteiger partial charge on any atom is -0.153 e. The molecule has 0 aromatic carbocycles. The van der Waals surface area contributed by atoms with Gasteiger partial charge >= 0.3 is 0 Å².